The van der Waals surface area contributed by atoms with Crippen molar-refractivity contribution in [2.45, 2.75) is 354 Å². The lowest BCUT2D eigenvalue weighted by molar-refractivity contribution is -0.143. The van der Waals surface area contributed by atoms with Crippen LogP contribution in [0.2, 0.25) is 0 Å². The molecule has 0 atom stereocenters. The topological polar surface area (TPSA) is 26.3 Å². The van der Waals surface area contributed by atoms with E-state index >= 15 is 0 Å². The first-order valence-electron chi connectivity index (χ1n) is 29.1. The van der Waals surface area contributed by atoms with Crippen molar-refractivity contribution in [1.29, 1.82) is 0 Å². The Kier molecular flexibility index (Phi) is 56.5. The molecule has 0 heterocycles. The third kappa shape index (κ3) is 57.2. The van der Waals surface area contributed by atoms with Crippen molar-refractivity contribution in [2.24, 2.45) is 0 Å². The van der Waals surface area contributed by atoms with E-state index in [0.29, 0.717) is 13.0 Å². The Morgan fingerprint density at radius 2 is 0.459 bits per heavy atom. The van der Waals surface area contributed by atoms with E-state index in [1.54, 1.807) is 0 Å². The van der Waals surface area contributed by atoms with Gasteiger partial charge in [-0.15, -0.1) is 0 Å². The molecule has 0 aliphatic carbocycles. The number of carbonyl (C=O) groups is 1. The van der Waals surface area contributed by atoms with Gasteiger partial charge in [0.15, 0.2) is 0 Å². The molecule has 0 bridgehead atoms. The average molecular weight is 858 g/mol. The van der Waals surface area contributed by atoms with Crippen LogP contribution in [0.25, 0.3) is 0 Å². The molecule has 0 spiro atoms. The van der Waals surface area contributed by atoms with Gasteiger partial charge in [-0.25, -0.2) is 0 Å². The van der Waals surface area contributed by atoms with Gasteiger partial charge in [-0.05, 0) is 38.5 Å². The quantitative estimate of drug-likeness (QED) is 0.0346. The molecule has 0 aliphatic heterocycles. The van der Waals surface area contributed by atoms with Gasteiger partial charge in [-0.3, -0.25) is 4.79 Å². The SMILES string of the molecule is CCCCCCCCC=CCCCCCCCCCCCC(=O)OCCCCCCCCCCCCCCCCCCCCCCCCCCCCCCCCCCCCC. The summed E-state index contributed by atoms with van der Waals surface area (Å²) in [4.78, 5) is 12.1. The molecule has 0 aliphatic rings. The second-order valence-electron chi connectivity index (χ2n) is 20.0. The molecule has 2 nitrogen and oxygen atoms in total. The van der Waals surface area contributed by atoms with Crippen molar-refractivity contribution in [3.05, 3.63) is 12.2 Å². The number of rotatable bonds is 55. The smallest absolute Gasteiger partial charge is 0.305 e. The predicted molar refractivity (Wildman–Crippen MR) is 276 cm³/mol. The first-order valence-corrected chi connectivity index (χ1v) is 29.1. The van der Waals surface area contributed by atoms with Crippen LogP contribution in [0.15, 0.2) is 12.2 Å². The molecular weight excluding hydrogens is 741 g/mol. The summed E-state index contributed by atoms with van der Waals surface area (Å²) in [6.45, 7) is 5.23. The highest BCUT2D eigenvalue weighted by atomic mass is 16.5. The standard InChI is InChI=1S/C59H116O2/c1-3-5-7-9-11-13-15-17-19-21-23-24-25-26-27-28-29-30-31-32-33-34-35-36-37-38-40-42-44-46-48-50-52-54-56-58-61-59(60)57-55-53-51-49-47-45-43-41-39-22-20-18-16-14-12-10-8-6-4-2/h18,20H,3-17,19,21-58H2,1-2H3. The van der Waals surface area contributed by atoms with Crippen LogP contribution in [0.5, 0.6) is 0 Å². The Bertz CT molecular complexity index is 803. The van der Waals surface area contributed by atoms with E-state index in [9.17, 15) is 4.79 Å². The summed E-state index contributed by atoms with van der Waals surface area (Å²) in [5.41, 5.74) is 0. The van der Waals surface area contributed by atoms with Crippen molar-refractivity contribution in [2.75, 3.05) is 6.61 Å². The largest absolute Gasteiger partial charge is 0.466 e. The van der Waals surface area contributed by atoms with Crippen LogP contribution in [-0.4, -0.2) is 12.6 Å². The van der Waals surface area contributed by atoms with Crippen LogP contribution in [0.1, 0.15) is 354 Å². The Hall–Kier alpha value is -0.790. The van der Waals surface area contributed by atoms with Crippen molar-refractivity contribution in [1.82, 2.24) is 0 Å². The van der Waals surface area contributed by atoms with Crippen molar-refractivity contribution >= 4 is 5.97 Å². The second kappa shape index (κ2) is 57.2. The van der Waals surface area contributed by atoms with Crippen molar-refractivity contribution in [3.63, 3.8) is 0 Å². The number of ether oxygens (including phenoxy) is 1. The summed E-state index contributed by atoms with van der Waals surface area (Å²) in [6, 6.07) is 0. The molecule has 0 radical (unpaired) electrons. The summed E-state index contributed by atoms with van der Waals surface area (Å²) in [5, 5.41) is 0. The maximum absolute atomic E-state index is 12.1. The average Bonchev–Trinajstić information content (AvgIpc) is 3.27. The fraction of sp³-hybridized carbons (Fsp3) is 0.949. The summed E-state index contributed by atoms with van der Waals surface area (Å²) < 4.78 is 5.51. The van der Waals surface area contributed by atoms with Crippen LogP contribution >= 0.6 is 0 Å². The zero-order valence-electron chi connectivity index (χ0n) is 42.7. The van der Waals surface area contributed by atoms with Gasteiger partial charge in [-0.2, -0.15) is 0 Å². The third-order valence-electron chi connectivity index (χ3n) is 13.7. The molecule has 0 N–H and O–H groups in total. The summed E-state index contributed by atoms with van der Waals surface area (Å²) >= 11 is 0. The molecular formula is C59H116O2. The monoisotopic (exact) mass is 857 g/mol. The molecule has 0 fully saturated rings. The van der Waals surface area contributed by atoms with Gasteiger partial charge in [0.2, 0.25) is 0 Å². The molecule has 2 heteroatoms. The van der Waals surface area contributed by atoms with Crippen molar-refractivity contribution < 1.29 is 9.53 Å². The number of carbonyl (C=O) groups excluding carboxylic acids is 1. The molecule has 0 saturated heterocycles. The molecule has 0 rings (SSSR count). The van der Waals surface area contributed by atoms with Gasteiger partial charge in [0.25, 0.3) is 0 Å². The number of allylic oxidation sites excluding steroid dienone is 2. The molecule has 0 unspecified atom stereocenters. The Morgan fingerprint density at radius 1 is 0.262 bits per heavy atom. The van der Waals surface area contributed by atoms with Crippen LogP contribution in [0.3, 0.4) is 0 Å². The summed E-state index contributed by atoms with van der Waals surface area (Å²) in [6.07, 6.45) is 78.3. The zero-order chi connectivity index (χ0) is 43.9. The zero-order valence-corrected chi connectivity index (χ0v) is 42.7. The Morgan fingerprint density at radius 3 is 0.705 bits per heavy atom. The van der Waals surface area contributed by atoms with Gasteiger partial charge in [-0.1, -0.05) is 321 Å². The Balaban J connectivity index is 3.15. The minimum absolute atomic E-state index is 0.0298. The van der Waals surface area contributed by atoms with Gasteiger partial charge in [0.1, 0.15) is 0 Å². The molecule has 0 aromatic rings. The lowest BCUT2D eigenvalue weighted by Crippen LogP contribution is -2.05. The molecule has 0 saturated carbocycles. The second-order valence-corrected chi connectivity index (χ2v) is 20.0. The lowest BCUT2D eigenvalue weighted by Gasteiger charge is -2.06. The highest BCUT2D eigenvalue weighted by Crippen LogP contribution is 2.18. The highest BCUT2D eigenvalue weighted by molar-refractivity contribution is 5.69. The minimum atomic E-state index is 0.0298. The highest BCUT2D eigenvalue weighted by Gasteiger charge is 2.03. The molecule has 0 aromatic carbocycles. The van der Waals surface area contributed by atoms with E-state index in [-0.39, 0.29) is 5.97 Å². The van der Waals surface area contributed by atoms with Crippen LogP contribution in [-0.2, 0) is 9.53 Å². The van der Waals surface area contributed by atoms with Crippen LogP contribution < -0.4 is 0 Å². The van der Waals surface area contributed by atoms with E-state index in [1.165, 1.54) is 321 Å². The predicted octanol–water partition coefficient (Wildman–Crippen LogP) is 21.8. The lowest BCUT2D eigenvalue weighted by atomic mass is 10.0. The van der Waals surface area contributed by atoms with Gasteiger partial charge < -0.3 is 4.74 Å². The van der Waals surface area contributed by atoms with E-state index in [2.05, 4.69) is 26.0 Å². The number of unbranched alkanes of at least 4 members (excludes halogenated alkanes) is 49. The number of hydrogen-bond acceptors (Lipinski definition) is 2. The Labute approximate surface area is 386 Å². The summed E-state index contributed by atoms with van der Waals surface area (Å²) in [5.74, 6) is 0.0298. The third-order valence-corrected chi connectivity index (χ3v) is 13.7. The maximum atomic E-state index is 12.1. The van der Waals surface area contributed by atoms with E-state index in [1.807, 2.05) is 0 Å². The minimum Gasteiger partial charge on any atom is -0.466 e. The normalized spacial score (nSPS) is 11.7. The van der Waals surface area contributed by atoms with Gasteiger partial charge >= 0.3 is 5.97 Å². The first-order chi connectivity index (χ1) is 30.3. The molecule has 0 amide bonds. The van der Waals surface area contributed by atoms with E-state index < -0.39 is 0 Å². The van der Waals surface area contributed by atoms with E-state index in [0.717, 1.165) is 12.8 Å². The van der Waals surface area contributed by atoms with Gasteiger partial charge in [0.05, 0.1) is 6.61 Å². The van der Waals surface area contributed by atoms with Crippen LogP contribution in [0.4, 0.5) is 0 Å². The fourth-order valence-electron chi connectivity index (χ4n) is 9.31. The van der Waals surface area contributed by atoms with Gasteiger partial charge in [0, 0.05) is 6.42 Å². The summed E-state index contributed by atoms with van der Waals surface area (Å²) in [7, 11) is 0. The molecule has 0 aromatic heterocycles. The molecule has 61 heavy (non-hydrogen) atoms. The number of hydrogen-bond donors (Lipinski definition) is 0. The van der Waals surface area contributed by atoms with E-state index in [4.69, 9.17) is 4.74 Å². The number of esters is 1. The maximum Gasteiger partial charge on any atom is 0.305 e. The first kappa shape index (κ1) is 60.2. The van der Waals surface area contributed by atoms with Crippen molar-refractivity contribution in [3.8, 4) is 0 Å². The fourth-order valence-corrected chi connectivity index (χ4v) is 9.31. The molecule has 364 valence electrons. The van der Waals surface area contributed by atoms with Crippen LogP contribution in [0, 0.1) is 0 Å².